The summed E-state index contributed by atoms with van der Waals surface area (Å²) in [5.74, 6) is 0. The molecule has 0 bridgehead atoms. The fraction of sp³-hybridized carbons (Fsp3) is 0.654. The van der Waals surface area contributed by atoms with Crippen LogP contribution in [0.1, 0.15) is 170 Å². The zero-order valence-electron chi connectivity index (χ0n) is 50.9. The molecule has 0 aliphatic carbocycles. The Labute approximate surface area is 635 Å². The molecule has 0 unspecified atom stereocenters. The van der Waals surface area contributed by atoms with Gasteiger partial charge >= 0.3 is 0 Å². The monoisotopic (exact) mass is 1620 g/mol. The van der Waals surface area contributed by atoms with E-state index in [2.05, 4.69) is 78.4 Å². The third kappa shape index (κ3) is 24.8. The van der Waals surface area contributed by atoms with Crippen LogP contribution in [0.15, 0.2) is 60.3 Å². The van der Waals surface area contributed by atoms with Crippen molar-refractivity contribution in [3.05, 3.63) is 28.6 Å². The van der Waals surface area contributed by atoms with E-state index in [1.54, 1.807) is 27.4 Å². The predicted molar refractivity (Wildman–Crippen MR) is 381 cm³/mol. The summed E-state index contributed by atoms with van der Waals surface area (Å²) in [6.07, 6.45) is 15.4. The van der Waals surface area contributed by atoms with Crippen molar-refractivity contribution >= 4 is 225 Å². The second-order valence-electron chi connectivity index (χ2n) is 20.4. The molecule has 85 heavy (non-hydrogen) atoms. The van der Waals surface area contributed by atoms with Gasteiger partial charge in [-0.2, -0.15) is 0 Å². The molecule has 0 fully saturated rings. The van der Waals surface area contributed by atoms with Gasteiger partial charge in [-0.25, -0.2) is 0 Å². The van der Waals surface area contributed by atoms with E-state index >= 15 is 0 Å². The fourth-order valence-electron chi connectivity index (χ4n) is 7.92. The summed E-state index contributed by atoms with van der Waals surface area (Å²) in [5, 5.41) is 8.15. The van der Waals surface area contributed by atoms with E-state index in [0.29, 0.717) is 64.6 Å². The molecule has 6 heterocycles. The molecule has 0 spiro atoms. The minimum atomic E-state index is 0. The van der Waals surface area contributed by atoms with Crippen molar-refractivity contribution in [2.24, 2.45) is 42.3 Å². The number of nitrogens with zero attached hydrogens (tertiary/aromatic N) is 12. The zero-order chi connectivity index (χ0) is 63.5. The Morgan fingerprint density at radius 3 is 0.576 bits per heavy atom. The van der Waals surface area contributed by atoms with Crippen LogP contribution in [0.2, 0.25) is 0 Å². The van der Waals surface area contributed by atoms with Crippen LogP contribution < -0.4 is 0 Å². The summed E-state index contributed by atoms with van der Waals surface area (Å²) in [5.41, 5.74) is 0. The average Bonchev–Trinajstić information content (AvgIpc) is 4.18. The van der Waals surface area contributed by atoms with Crippen molar-refractivity contribution in [3.63, 3.8) is 0 Å². The van der Waals surface area contributed by atoms with Gasteiger partial charge in [0, 0.05) is 129 Å². The Bertz CT molecular complexity index is 2930. The molecule has 498 valence electrons. The van der Waals surface area contributed by atoms with E-state index in [1.807, 2.05) is 60.6 Å². The first-order chi connectivity index (χ1) is 38.0. The maximum atomic E-state index is 5.63. The summed E-state index contributed by atoms with van der Waals surface area (Å²) < 4.78 is 26.6. The van der Waals surface area contributed by atoms with Crippen molar-refractivity contribution in [2.45, 2.75) is 244 Å². The van der Waals surface area contributed by atoms with Gasteiger partial charge in [0.1, 0.15) is 0 Å². The molecule has 0 N–H and O–H groups in total. The van der Waals surface area contributed by atoms with Crippen LogP contribution in [0.4, 0.5) is 0 Å². The van der Waals surface area contributed by atoms with Crippen LogP contribution in [0.25, 0.3) is 0 Å². The van der Waals surface area contributed by atoms with E-state index in [0.717, 1.165) is 50.3 Å². The molecule has 0 aromatic carbocycles. The summed E-state index contributed by atoms with van der Waals surface area (Å²) in [6, 6.07) is 1.10. The van der Waals surface area contributed by atoms with Gasteiger partial charge in [-0.1, -0.05) is 78.1 Å². The SMILES string of the molecule is CC(C)n1c([S-])c([S-])n(C(C)C)c1=S.CC(C)n1c([S-])c([S-])n(C(C)C)c1=S.CCCCCCCCn1c([S-])c([S-])n(CCCCCCCC)c1=S.Cn1c([S-])c([S-])n(C)c1=S.Cn1c([S-])c([S-])n(C)c1=S.Cn1c([S-])c([S-])n(C)c1=S.[Ni].[Ni].[Ni]. The first kappa shape index (κ1) is 89.9. The smallest absolute Gasteiger partial charge is 0.177 e. The molecule has 0 saturated heterocycles. The largest absolute Gasteiger partial charge is 0.762 e. The Morgan fingerprint density at radius 2 is 0.435 bits per heavy atom. The van der Waals surface area contributed by atoms with Gasteiger partial charge in [0.05, 0.1) is 0 Å². The number of unbranched alkanes of at least 4 members (excludes halogenated alkanes) is 10. The summed E-state index contributed by atoms with van der Waals surface area (Å²) >= 11 is 93.3. The molecule has 0 amide bonds. The summed E-state index contributed by atoms with van der Waals surface area (Å²) in [7, 11) is 10.9. The first-order valence-corrected chi connectivity index (χ1v) is 34.3. The van der Waals surface area contributed by atoms with Crippen molar-refractivity contribution in [1.82, 2.24) is 54.8 Å². The molecule has 6 aromatic heterocycles. The van der Waals surface area contributed by atoms with Crippen LogP contribution in [-0.4, -0.2) is 54.8 Å². The molecule has 33 heteroatoms. The molecule has 0 aliphatic rings. The van der Waals surface area contributed by atoms with Crippen molar-refractivity contribution in [3.8, 4) is 0 Å². The molecule has 12 nitrogen and oxygen atoms in total. The summed E-state index contributed by atoms with van der Waals surface area (Å²) in [6.45, 7) is 22.8. The van der Waals surface area contributed by atoms with Crippen LogP contribution in [0, 0.1) is 28.6 Å². The Balaban J connectivity index is -0.000000974. The molecule has 6 rings (SSSR count). The van der Waals surface area contributed by atoms with Gasteiger partial charge in [0.15, 0.2) is 28.6 Å². The van der Waals surface area contributed by atoms with Crippen LogP contribution in [0.3, 0.4) is 0 Å². The number of hydrogen-bond acceptors (Lipinski definition) is 18. The average molecular weight is 1630 g/mol. The van der Waals surface area contributed by atoms with Crippen molar-refractivity contribution in [2.75, 3.05) is 0 Å². The molecule has 0 radical (unpaired) electrons. The van der Waals surface area contributed by atoms with Gasteiger partial charge < -0.3 is 206 Å². The second-order valence-corrected chi connectivity index (χ2v) is 27.2. The van der Waals surface area contributed by atoms with E-state index in [9.17, 15) is 0 Å². The number of imidazole rings is 6. The number of hydrogen-bond donors (Lipinski definition) is 0. The molecular weight excluding hydrogens is 1550 g/mol. The second kappa shape index (κ2) is 43.6. The van der Waals surface area contributed by atoms with E-state index in [4.69, 9.17) is 225 Å². The Hall–Kier alpha value is 0.701. The van der Waals surface area contributed by atoms with Gasteiger partial charge in [-0.05, 0) is 142 Å². The minimum absolute atomic E-state index is 0. The van der Waals surface area contributed by atoms with E-state index < -0.39 is 0 Å². The van der Waals surface area contributed by atoms with Gasteiger partial charge in [0.25, 0.3) is 0 Å². The van der Waals surface area contributed by atoms with Gasteiger partial charge in [0.2, 0.25) is 0 Å². The van der Waals surface area contributed by atoms with Crippen molar-refractivity contribution in [1.29, 1.82) is 0 Å². The van der Waals surface area contributed by atoms with Crippen LogP contribution in [0.5, 0.6) is 0 Å². The van der Waals surface area contributed by atoms with Crippen LogP contribution in [-0.2, 0) is 256 Å². The topological polar surface area (TPSA) is 59.2 Å². The van der Waals surface area contributed by atoms with E-state index in [-0.39, 0.29) is 73.6 Å². The third-order valence-electron chi connectivity index (χ3n) is 12.8. The van der Waals surface area contributed by atoms with Gasteiger partial charge in [-0.15, -0.1) is 60.3 Å². The summed E-state index contributed by atoms with van der Waals surface area (Å²) in [4.78, 5) is 0. The number of rotatable bonds is 18. The quantitative estimate of drug-likeness (QED) is 0.0355. The third-order valence-corrected chi connectivity index (χ3v) is 21.7. The molecule has 6 aromatic rings. The molecule has 0 saturated carbocycles. The number of aromatic nitrogens is 12. The predicted octanol–water partition coefficient (Wildman–Crippen LogP) is 15.2. The van der Waals surface area contributed by atoms with E-state index in [1.165, 1.54) is 64.2 Å². The maximum Gasteiger partial charge on any atom is 0.177 e. The molecule has 0 aliphatic heterocycles. The molecular formula is C52H80N12Ni3S18-12. The zero-order valence-corrected chi connectivity index (χ0v) is 68.5. The maximum absolute atomic E-state index is 5.63. The molecule has 0 atom stereocenters. The Morgan fingerprint density at radius 1 is 0.259 bits per heavy atom. The normalized spacial score (nSPS) is 10.6. The Kier molecular flexibility index (Phi) is 46.1. The fourth-order valence-corrected chi connectivity index (χ4v) is 14.2. The van der Waals surface area contributed by atoms with Crippen molar-refractivity contribution < 1.29 is 49.5 Å². The van der Waals surface area contributed by atoms with Crippen LogP contribution >= 0.6 is 73.3 Å². The first-order valence-electron chi connectivity index (χ1n) is 26.9. The minimum Gasteiger partial charge on any atom is -0.762 e. The van der Waals surface area contributed by atoms with Gasteiger partial charge in [-0.3, -0.25) is 0 Å². The standard InChI is InChI=1S/C19H36N2S3.2C9H16N2S3.3C5H8N2S3.3Ni/c1-3-5-7-9-11-13-15-20-17(22)18(23)21(19(20)24)16-14-12-10-8-6-4-2;2*1-5(2)10-7(12)8(13)11(6(3)4)9(10)14;3*1-6-3(8)4(9)7(2)5(6)10;;;/h22-23H,3-16H2,1-2H3;2*5-6,12-13H,1-4H3;3*8-9H,1-2H3;;;/p-12.